The van der Waals surface area contributed by atoms with Crippen molar-refractivity contribution in [3.63, 3.8) is 0 Å². The molecule has 0 spiro atoms. The molecule has 0 bridgehead atoms. The lowest BCUT2D eigenvalue weighted by molar-refractivity contribution is -0.115. The molecule has 1 atom stereocenters. The fraction of sp³-hybridized carbons (Fsp3) is 0.292. The van der Waals surface area contributed by atoms with E-state index in [9.17, 15) is 4.79 Å². The van der Waals surface area contributed by atoms with Crippen molar-refractivity contribution in [3.8, 4) is 17.2 Å². The van der Waals surface area contributed by atoms with Gasteiger partial charge in [0.25, 0.3) is 0 Å². The third kappa shape index (κ3) is 3.13. The number of aromatic amines is 1. The van der Waals surface area contributed by atoms with Crippen LogP contribution in [-0.4, -0.2) is 43.2 Å². The SMILES string of the molecule is COc1c2c(cc3c1C(CC(=O)C=Cc1c[nH]c4ccccc14)N(C)CC3)OCO2. The Morgan fingerprint density at radius 1 is 1.33 bits per heavy atom. The van der Waals surface area contributed by atoms with Crippen LogP contribution >= 0.6 is 0 Å². The van der Waals surface area contributed by atoms with E-state index in [-0.39, 0.29) is 18.6 Å². The van der Waals surface area contributed by atoms with Gasteiger partial charge >= 0.3 is 0 Å². The van der Waals surface area contributed by atoms with Gasteiger partial charge in [0, 0.05) is 41.7 Å². The van der Waals surface area contributed by atoms with Gasteiger partial charge in [0.1, 0.15) is 0 Å². The minimum Gasteiger partial charge on any atom is -0.492 e. The van der Waals surface area contributed by atoms with Crippen LogP contribution in [0.25, 0.3) is 17.0 Å². The zero-order valence-corrected chi connectivity index (χ0v) is 17.1. The second kappa shape index (κ2) is 7.54. The van der Waals surface area contributed by atoms with Crippen molar-refractivity contribution >= 4 is 22.8 Å². The quantitative estimate of drug-likeness (QED) is 0.649. The summed E-state index contributed by atoms with van der Waals surface area (Å²) in [5.74, 6) is 2.12. The normalized spacial score (nSPS) is 18.1. The number of aromatic nitrogens is 1. The van der Waals surface area contributed by atoms with Crippen molar-refractivity contribution in [2.75, 3.05) is 27.5 Å². The van der Waals surface area contributed by atoms with Crippen molar-refractivity contribution < 1.29 is 19.0 Å². The number of nitrogens with zero attached hydrogens (tertiary/aromatic N) is 1. The highest BCUT2D eigenvalue weighted by molar-refractivity contribution is 5.97. The molecule has 6 nitrogen and oxygen atoms in total. The summed E-state index contributed by atoms with van der Waals surface area (Å²) in [5.41, 5.74) is 4.26. The van der Waals surface area contributed by atoms with Crippen molar-refractivity contribution in [1.82, 2.24) is 9.88 Å². The lowest BCUT2D eigenvalue weighted by Gasteiger charge is -2.35. The van der Waals surface area contributed by atoms with Crippen LogP contribution in [0.3, 0.4) is 0 Å². The number of hydrogen-bond donors (Lipinski definition) is 1. The number of nitrogens with one attached hydrogen (secondary N) is 1. The molecule has 1 N–H and O–H groups in total. The van der Waals surface area contributed by atoms with Gasteiger partial charge in [-0.3, -0.25) is 9.69 Å². The van der Waals surface area contributed by atoms with Gasteiger partial charge in [-0.05, 0) is 48.9 Å². The number of allylic oxidation sites excluding steroid dienone is 1. The molecule has 0 aliphatic carbocycles. The zero-order valence-electron chi connectivity index (χ0n) is 17.1. The van der Waals surface area contributed by atoms with Crippen LogP contribution in [0.2, 0.25) is 0 Å². The third-order valence-electron chi connectivity index (χ3n) is 6.01. The van der Waals surface area contributed by atoms with E-state index in [4.69, 9.17) is 14.2 Å². The van der Waals surface area contributed by atoms with E-state index in [0.717, 1.165) is 46.3 Å². The number of methoxy groups -OCH3 is 1. The molecule has 3 aromatic rings. The second-order valence-electron chi connectivity index (χ2n) is 7.76. The highest BCUT2D eigenvalue weighted by atomic mass is 16.7. The number of fused-ring (bicyclic) bond motifs is 3. The van der Waals surface area contributed by atoms with Crippen LogP contribution in [0.15, 0.2) is 42.6 Å². The van der Waals surface area contributed by atoms with E-state index in [1.165, 1.54) is 0 Å². The van der Waals surface area contributed by atoms with E-state index < -0.39 is 0 Å². The number of H-pyrrole nitrogens is 1. The topological polar surface area (TPSA) is 63.8 Å². The molecule has 1 aromatic heterocycles. The Hall–Kier alpha value is -3.25. The number of benzene rings is 2. The number of ether oxygens (including phenoxy) is 3. The molecule has 0 amide bonds. The van der Waals surface area contributed by atoms with Gasteiger partial charge in [-0.2, -0.15) is 0 Å². The molecule has 2 aromatic carbocycles. The maximum atomic E-state index is 12.9. The summed E-state index contributed by atoms with van der Waals surface area (Å²) >= 11 is 0. The average Bonchev–Trinajstić information content (AvgIpc) is 3.39. The second-order valence-corrected chi connectivity index (χ2v) is 7.76. The van der Waals surface area contributed by atoms with Crippen LogP contribution in [0.1, 0.15) is 29.2 Å². The van der Waals surface area contributed by atoms with Crippen LogP contribution in [0.5, 0.6) is 17.2 Å². The Morgan fingerprint density at radius 3 is 3.07 bits per heavy atom. The summed E-state index contributed by atoms with van der Waals surface area (Å²) in [6, 6.07) is 10.0. The van der Waals surface area contributed by atoms with Gasteiger partial charge in [-0.1, -0.05) is 18.2 Å². The predicted molar refractivity (Wildman–Crippen MR) is 115 cm³/mol. The molecule has 3 heterocycles. The fourth-order valence-corrected chi connectivity index (χ4v) is 4.46. The molecule has 154 valence electrons. The Labute approximate surface area is 175 Å². The van der Waals surface area contributed by atoms with Gasteiger partial charge in [0.2, 0.25) is 12.5 Å². The molecule has 30 heavy (non-hydrogen) atoms. The van der Waals surface area contributed by atoms with E-state index >= 15 is 0 Å². The van der Waals surface area contributed by atoms with Crippen LogP contribution in [-0.2, 0) is 11.2 Å². The van der Waals surface area contributed by atoms with E-state index in [2.05, 4.69) is 16.0 Å². The molecule has 0 saturated heterocycles. The minimum atomic E-state index is -0.0710. The fourth-order valence-electron chi connectivity index (χ4n) is 4.46. The summed E-state index contributed by atoms with van der Waals surface area (Å²) in [6.07, 6.45) is 6.76. The first-order valence-corrected chi connectivity index (χ1v) is 10.1. The number of para-hydroxylation sites is 1. The van der Waals surface area contributed by atoms with Crippen LogP contribution in [0, 0.1) is 0 Å². The standard InChI is InChI=1S/C24H24N2O4/c1-26-10-9-15-11-21-23(30-14-29-21)24(28-2)22(15)20(26)12-17(27)8-7-16-13-25-19-6-4-3-5-18(16)19/h3-8,11,13,20,25H,9-10,12,14H2,1-2H3. The number of hydrogen-bond acceptors (Lipinski definition) is 5. The van der Waals surface area contributed by atoms with Gasteiger partial charge in [0.15, 0.2) is 17.3 Å². The summed E-state index contributed by atoms with van der Waals surface area (Å²) in [7, 11) is 3.69. The molecule has 2 aliphatic heterocycles. The van der Waals surface area contributed by atoms with Crippen molar-refractivity contribution in [2.45, 2.75) is 18.9 Å². The monoisotopic (exact) mass is 404 g/mol. The van der Waals surface area contributed by atoms with Gasteiger partial charge in [-0.25, -0.2) is 0 Å². The molecule has 6 heteroatoms. The maximum absolute atomic E-state index is 12.9. The lowest BCUT2D eigenvalue weighted by atomic mass is 9.88. The molecular weight excluding hydrogens is 380 g/mol. The minimum absolute atomic E-state index is 0.0710. The Bertz CT molecular complexity index is 1150. The smallest absolute Gasteiger partial charge is 0.231 e. The van der Waals surface area contributed by atoms with E-state index in [1.54, 1.807) is 13.2 Å². The lowest BCUT2D eigenvalue weighted by Crippen LogP contribution is -2.33. The molecule has 1 unspecified atom stereocenters. The number of carbonyl (C=O) groups excluding carboxylic acids is 1. The zero-order chi connectivity index (χ0) is 20.7. The molecule has 5 rings (SSSR count). The first-order chi connectivity index (χ1) is 14.7. The molecule has 0 radical (unpaired) electrons. The first kappa shape index (κ1) is 18.8. The Kier molecular flexibility index (Phi) is 4.71. The summed E-state index contributed by atoms with van der Waals surface area (Å²) in [6.45, 7) is 1.07. The number of rotatable bonds is 5. The molecule has 0 fully saturated rings. The van der Waals surface area contributed by atoms with Gasteiger partial charge in [-0.15, -0.1) is 0 Å². The number of carbonyl (C=O) groups is 1. The summed E-state index contributed by atoms with van der Waals surface area (Å²) in [4.78, 5) is 18.4. The molecule has 2 aliphatic rings. The first-order valence-electron chi connectivity index (χ1n) is 10.1. The summed E-state index contributed by atoms with van der Waals surface area (Å²) < 4.78 is 16.9. The third-order valence-corrected chi connectivity index (χ3v) is 6.01. The molecular formula is C24H24N2O4. The van der Waals surface area contributed by atoms with Crippen molar-refractivity contribution in [3.05, 3.63) is 59.3 Å². The van der Waals surface area contributed by atoms with Crippen molar-refractivity contribution in [2.24, 2.45) is 0 Å². The van der Waals surface area contributed by atoms with Gasteiger partial charge in [0.05, 0.1) is 7.11 Å². The largest absolute Gasteiger partial charge is 0.492 e. The Balaban J connectivity index is 1.43. The van der Waals surface area contributed by atoms with Crippen LogP contribution in [0.4, 0.5) is 0 Å². The Morgan fingerprint density at radius 2 is 2.20 bits per heavy atom. The van der Waals surface area contributed by atoms with Crippen LogP contribution < -0.4 is 14.2 Å². The number of ketones is 1. The summed E-state index contributed by atoms with van der Waals surface area (Å²) in [5, 5.41) is 1.11. The predicted octanol–water partition coefficient (Wildman–Crippen LogP) is 4.11. The molecule has 0 saturated carbocycles. The maximum Gasteiger partial charge on any atom is 0.231 e. The number of likely N-dealkylation sites (N-methyl/N-ethyl adjacent to an activating group) is 1. The van der Waals surface area contributed by atoms with Gasteiger partial charge < -0.3 is 19.2 Å². The van der Waals surface area contributed by atoms with Crippen molar-refractivity contribution in [1.29, 1.82) is 0 Å². The highest BCUT2D eigenvalue weighted by Gasteiger charge is 2.34. The average molecular weight is 404 g/mol. The van der Waals surface area contributed by atoms with E-state index in [1.807, 2.05) is 43.6 Å². The van der Waals surface area contributed by atoms with E-state index in [0.29, 0.717) is 17.9 Å². The highest BCUT2D eigenvalue weighted by Crippen LogP contribution is 2.50.